The van der Waals surface area contributed by atoms with Gasteiger partial charge in [-0.3, -0.25) is 9.59 Å². The van der Waals surface area contributed by atoms with Gasteiger partial charge in [-0.05, 0) is 36.9 Å². The summed E-state index contributed by atoms with van der Waals surface area (Å²) in [4.78, 5) is 24.6. The highest BCUT2D eigenvalue weighted by atomic mass is 32.1. The Bertz CT molecular complexity index is 689. The highest BCUT2D eigenvalue weighted by Gasteiger charge is 2.19. The molecular weight excluding hydrogens is 324 g/mol. The summed E-state index contributed by atoms with van der Waals surface area (Å²) in [6.45, 7) is 1.39. The first kappa shape index (κ1) is 17.1. The van der Waals surface area contributed by atoms with Crippen molar-refractivity contribution >= 4 is 28.9 Å². The first-order chi connectivity index (χ1) is 11.0. The standard InChI is InChI=1S/C16H15F2NO3S/c1-10(22-15(20)7-5-12-3-2-8-23-12)16(21)19-14-6-4-11(17)9-13(14)18/h2-4,6,8-10H,5,7H2,1H3,(H,19,21)/t10-/m0/s1. The van der Waals surface area contributed by atoms with E-state index in [1.54, 1.807) is 0 Å². The second-order valence-electron chi connectivity index (χ2n) is 4.82. The molecule has 1 atom stereocenters. The van der Waals surface area contributed by atoms with Crippen LogP contribution in [0.1, 0.15) is 18.2 Å². The number of hydrogen-bond acceptors (Lipinski definition) is 4. The number of anilines is 1. The molecule has 2 rings (SSSR count). The number of hydrogen-bond donors (Lipinski definition) is 1. The molecule has 0 saturated carbocycles. The van der Waals surface area contributed by atoms with Crippen LogP contribution < -0.4 is 5.32 Å². The maximum atomic E-state index is 13.5. The lowest BCUT2D eigenvalue weighted by atomic mass is 10.2. The molecule has 0 aliphatic heterocycles. The molecule has 4 nitrogen and oxygen atoms in total. The molecule has 0 bridgehead atoms. The number of carbonyl (C=O) groups is 2. The summed E-state index contributed by atoms with van der Waals surface area (Å²) in [5.74, 6) is -2.83. The van der Waals surface area contributed by atoms with Gasteiger partial charge in [0.15, 0.2) is 6.10 Å². The van der Waals surface area contributed by atoms with E-state index < -0.39 is 29.6 Å². The third-order valence-electron chi connectivity index (χ3n) is 3.02. The monoisotopic (exact) mass is 339 g/mol. The summed E-state index contributed by atoms with van der Waals surface area (Å²) in [7, 11) is 0. The second-order valence-corrected chi connectivity index (χ2v) is 5.86. The Morgan fingerprint density at radius 1 is 1.30 bits per heavy atom. The van der Waals surface area contributed by atoms with Crippen LogP contribution in [0, 0.1) is 11.6 Å². The second kappa shape index (κ2) is 7.82. The minimum absolute atomic E-state index is 0.156. The number of amides is 1. The van der Waals surface area contributed by atoms with E-state index in [0.717, 1.165) is 17.0 Å². The van der Waals surface area contributed by atoms with Gasteiger partial charge in [-0.2, -0.15) is 0 Å². The zero-order valence-corrected chi connectivity index (χ0v) is 13.2. The van der Waals surface area contributed by atoms with E-state index in [2.05, 4.69) is 5.32 Å². The fraction of sp³-hybridized carbons (Fsp3) is 0.250. The SMILES string of the molecule is C[C@H](OC(=O)CCc1cccs1)C(=O)Nc1ccc(F)cc1F. The molecule has 122 valence electrons. The zero-order valence-electron chi connectivity index (χ0n) is 12.3. The lowest BCUT2D eigenvalue weighted by Gasteiger charge is -2.13. The lowest BCUT2D eigenvalue weighted by Crippen LogP contribution is -2.30. The average Bonchev–Trinajstić information content (AvgIpc) is 3.01. The van der Waals surface area contributed by atoms with Crippen molar-refractivity contribution in [3.05, 3.63) is 52.2 Å². The number of thiophene rings is 1. The molecule has 1 aromatic carbocycles. The Kier molecular flexibility index (Phi) is 5.81. The van der Waals surface area contributed by atoms with E-state index in [-0.39, 0.29) is 12.1 Å². The van der Waals surface area contributed by atoms with E-state index in [1.807, 2.05) is 17.5 Å². The summed E-state index contributed by atoms with van der Waals surface area (Å²) in [5, 5.41) is 4.17. The smallest absolute Gasteiger partial charge is 0.306 e. The molecule has 0 aliphatic rings. The molecule has 0 aliphatic carbocycles. The van der Waals surface area contributed by atoms with Gasteiger partial charge in [0.1, 0.15) is 11.6 Å². The lowest BCUT2D eigenvalue weighted by molar-refractivity contribution is -0.153. The van der Waals surface area contributed by atoms with Crippen molar-refractivity contribution in [1.82, 2.24) is 0 Å². The van der Waals surface area contributed by atoms with Crippen molar-refractivity contribution in [3.63, 3.8) is 0 Å². The molecule has 0 unspecified atom stereocenters. The Hall–Kier alpha value is -2.28. The Morgan fingerprint density at radius 3 is 2.74 bits per heavy atom. The van der Waals surface area contributed by atoms with Crippen LogP contribution in [0.3, 0.4) is 0 Å². The van der Waals surface area contributed by atoms with Gasteiger partial charge in [-0.25, -0.2) is 8.78 Å². The van der Waals surface area contributed by atoms with E-state index in [9.17, 15) is 18.4 Å². The number of rotatable bonds is 6. The molecule has 0 saturated heterocycles. The van der Waals surface area contributed by atoms with Gasteiger partial charge < -0.3 is 10.1 Å². The third-order valence-corrected chi connectivity index (χ3v) is 3.96. The minimum Gasteiger partial charge on any atom is -0.453 e. The van der Waals surface area contributed by atoms with E-state index in [0.29, 0.717) is 12.5 Å². The average molecular weight is 339 g/mol. The molecule has 1 heterocycles. The minimum atomic E-state index is -1.07. The molecule has 23 heavy (non-hydrogen) atoms. The summed E-state index contributed by atoms with van der Waals surface area (Å²) in [5.41, 5.74) is -0.169. The third kappa shape index (κ3) is 5.14. The van der Waals surface area contributed by atoms with Gasteiger partial charge in [0.2, 0.25) is 0 Å². The molecule has 1 N–H and O–H groups in total. The fourth-order valence-electron chi connectivity index (χ4n) is 1.81. The fourth-order valence-corrected chi connectivity index (χ4v) is 2.52. The quantitative estimate of drug-likeness (QED) is 0.819. The Morgan fingerprint density at radius 2 is 2.09 bits per heavy atom. The van der Waals surface area contributed by atoms with Crippen LogP contribution in [0.25, 0.3) is 0 Å². The number of ether oxygens (including phenoxy) is 1. The maximum absolute atomic E-state index is 13.5. The maximum Gasteiger partial charge on any atom is 0.306 e. The number of esters is 1. The Balaban J connectivity index is 1.83. The number of carbonyl (C=O) groups excluding carboxylic acids is 2. The Labute approximate surface area is 136 Å². The van der Waals surface area contributed by atoms with Gasteiger partial charge in [0, 0.05) is 10.9 Å². The molecule has 1 aromatic heterocycles. The van der Waals surface area contributed by atoms with Crippen molar-refractivity contribution < 1.29 is 23.1 Å². The molecule has 0 fully saturated rings. The summed E-state index contributed by atoms with van der Waals surface area (Å²) < 4.78 is 31.3. The number of nitrogens with one attached hydrogen (secondary N) is 1. The molecule has 1 amide bonds. The zero-order chi connectivity index (χ0) is 16.8. The van der Waals surface area contributed by atoms with Crippen LogP contribution in [-0.2, 0) is 20.7 Å². The molecule has 0 spiro atoms. The van der Waals surface area contributed by atoms with Crippen LogP contribution in [0.5, 0.6) is 0 Å². The molecule has 0 radical (unpaired) electrons. The van der Waals surface area contributed by atoms with Crippen LogP contribution in [0.15, 0.2) is 35.7 Å². The number of aryl methyl sites for hydroxylation is 1. The van der Waals surface area contributed by atoms with Crippen molar-refractivity contribution in [2.75, 3.05) is 5.32 Å². The number of halogens is 2. The van der Waals surface area contributed by atoms with Crippen molar-refractivity contribution in [2.24, 2.45) is 0 Å². The largest absolute Gasteiger partial charge is 0.453 e. The van der Waals surface area contributed by atoms with Crippen LogP contribution in [0.4, 0.5) is 14.5 Å². The summed E-state index contributed by atoms with van der Waals surface area (Å²) in [6.07, 6.45) is -0.379. The van der Waals surface area contributed by atoms with E-state index in [1.165, 1.54) is 18.3 Å². The van der Waals surface area contributed by atoms with Gasteiger partial charge in [-0.15, -0.1) is 11.3 Å². The summed E-state index contributed by atoms with van der Waals surface area (Å²) >= 11 is 1.54. The topological polar surface area (TPSA) is 55.4 Å². The van der Waals surface area contributed by atoms with Crippen molar-refractivity contribution in [3.8, 4) is 0 Å². The van der Waals surface area contributed by atoms with E-state index in [4.69, 9.17) is 4.74 Å². The van der Waals surface area contributed by atoms with Crippen LogP contribution in [0.2, 0.25) is 0 Å². The molecular formula is C16H15F2NO3S. The first-order valence-corrected chi connectivity index (χ1v) is 7.81. The van der Waals surface area contributed by atoms with Crippen molar-refractivity contribution in [1.29, 1.82) is 0 Å². The highest BCUT2D eigenvalue weighted by molar-refractivity contribution is 7.09. The predicted molar refractivity (Wildman–Crippen MR) is 83.2 cm³/mol. The van der Waals surface area contributed by atoms with Gasteiger partial charge in [0.25, 0.3) is 5.91 Å². The number of benzene rings is 1. The van der Waals surface area contributed by atoms with Crippen LogP contribution in [-0.4, -0.2) is 18.0 Å². The van der Waals surface area contributed by atoms with Gasteiger partial charge in [-0.1, -0.05) is 6.07 Å². The molecule has 7 heteroatoms. The summed E-state index contributed by atoms with van der Waals surface area (Å²) in [6, 6.07) is 6.58. The first-order valence-electron chi connectivity index (χ1n) is 6.93. The van der Waals surface area contributed by atoms with Crippen molar-refractivity contribution in [2.45, 2.75) is 25.9 Å². The molecule has 2 aromatic rings. The van der Waals surface area contributed by atoms with Crippen LogP contribution >= 0.6 is 11.3 Å². The normalized spacial score (nSPS) is 11.8. The van der Waals surface area contributed by atoms with E-state index >= 15 is 0 Å². The van der Waals surface area contributed by atoms with Gasteiger partial charge >= 0.3 is 5.97 Å². The highest BCUT2D eigenvalue weighted by Crippen LogP contribution is 2.16. The van der Waals surface area contributed by atoms with Gasteiger partial charge in [0.05, 0.1) is 12.1 Å². The predicted octanol–water partition coefficient (Wildman–Crippen LogP) is 3.53.